The first kappa shape index (κ1) is 16.0. The molecule has 2 N–H and O–H groups in total. The molecule has 0 amide bonds. The van der Waals surface area contributed by atoms with E-state index in [1.807, 2.05) is 13.0 Å². The summed E-state index contributed by atoms with van der Waals surface area (Å²) in [5, 5.41) is 8.93. The summed E-state index contributed by atoms with van der Waals surface area (Å²) in [6, 6.07) is 15.4. The number of nitriles is 1. The van der Waals surface area contributed by atoms with Gasteiger partial charge in [0, 0.05) is 10.9 Å². The molecule has 2 aromatic carbocycles. The molecule has 23 heavy (non-hydrogen) atoms. The molecular formula is C17H15ClN2O2S. The van der Waals surface area contributed by atoms with E-state index in [2.05, 4.69) is 0 Å². The van der Waals surface area contributed by atoms with Crippen LogP contribution in [0.5, 0.6) is 0 Å². The number of hydrogen-bond acceptors (Lipinski definition) is 4. The molecule has 2 aromatic rings. The van der Waals surface area contributed by atoms with Crippen LogP contribution in [0.2, 0.25) is 5.02 Å². The Morgan fingerprint density at radius 1 is 1.22 bits per heavy atom. The maximum absolute atomic E-state index is 12.9. The van der Waals surface area contributed by atoms with Gasteiger partial charge < -0.3 is 5.73 Å². The highest BCUT2D eigenvalue weighted by Gasteiger charge is 2.70. The smallest absolute Gasteiger partial charge is 0.184 e. The minimum absolute atomic E-state index is 0.183. The van der Waals surface area contributed by atoms with Gasteiger partial charge in [0.1, 0.15) is 10.8 Å². The third-order valence-electron chi connectivity index (χ3n) is 4.26. The highest BCUT2D eigenvalue weighted by Crippen LogP contribution is 2.55. The molecule has 0 aliphatic heterocycles. The summed E-state index contributed by atoms with van der Waals surface area (Å²) in [4.78, 5) is 0.183. The highest BCUT2D eigenvalue weighted by atomic mass is 35.5. The SMILES string of the molecule is Cc1ccc(S(=O)(=O)[C@@H]2[C@@H](c3cccc(Cl)c3)[C@]2(N)C#N)cc1. The van der Waals surface area contributed by atoms with Gasteiger partial charge in [0.15, 0.2) is 9.84 Å². The van der Waals surface area contributed by atoms with E-state index in [-0.39, 0.29) is 4.90 Å². The Morgan fingerprint density at radius 2 is 1.87 bits per heavy atom. The van der Waals surface area contributed by atoms with E-state index < -0.39 is 26.5 Å². The fourth-order valence-electron chi connectivity index (χ4n) is 2.97. The average molecular weight is 347 g/mol. The molecule has 0 radical (unpaired) electrons. The quantitative estimate of drug-likeness (QED) is 0.926. The molecule has 0 bridgehead atoms. The summed E-state index contributed by atoms with van der Waals surface area (Å²) in [7, 11) is -3.70. The number of halogens is 1. The second-order valence-electron chi connectivity index (χ2n) is 5.86. The molecular weight excluding hydrogens is 332 g/mol. The summed E-state index contributed by atoms with van der Waals surface area (Å²) in [6.07, 6.45) is 0. The van der Waals surface area contributed by atoms with Crippen molar-refractivity contribution in [1.82, 2.24) is 0 Å². The Bertz CT molecular complexity index is 903. The molecule has 3 atom stereocenters. The van der Waals surface area contributed by atoms with E-state index >= 15 is 0 Å². The summed E-state index contributed by atoms with van der Waals surface area (Å²) < 4.78 is 25.8. The predicted octanol–water partition coefficient (Wildman–Crippen LogP) is 2.81. The molecule has 0 heterocycles. The second-order valence-corrected chi connectivity index (χ2v) is 8.36. The lowest BCUT2D eigenvalue weighted by Crippen LogP contribution is -2.29. The van der Waals surface area contributed by atoms with Gasteiger partial charge in [-0.15, -0.1) is 0 Å². The summed E-state index contributed by atoms with van der Waals surface area (Å²) in [6.45, 7) is 1.88. The summed E-state index contributed by atoms with van der Waals surface area (Å²) in [5.74, 6) is -0.586. The fourth-order valence-corrected chi connectivity index (χ4v) is 5.35. The zero-order valence-corrected chi connectivity index (χ0v) is 14.0. The van der Waals surface area contributed by atoms with Gasteiger partial charge in [0.05, 0.1) is 11.0 Å². The molecule has 6 heteroatoms. The standard InChI is InChI=1S/C17H15ClN2O2S/c1-11-5-7-14(8-6-11)23(21,22)16-15(17(16,20)10-19)12-3-2-4-13(18)9-12/h2-9,15-16H,20H2,1H3/t15-,16-,17-/m1/s1. The van der Waals surface area contributed by atoms with E-state index in [4.69, 9.17) is 17.3 Å². The number of benzene rings is 2. The van der Waals surface area contributed by atoms with Crippen molar-refractivity contribution in [2.24, 2.45) is 5.73 Å². The van der Waals surface area contributed by atoms with E-state index in [0.29, 0.717) is 10.6 Å². The lowest BCUT2D eigenvalue weighted by Gasteiger charge is -2.05. The lowest BCUT2D eigenvalue weighted by molar-refractivity contribution is 0.592. The van der Waals surface area contributed by atoms with Gasteiger partial charge in [-0.2, -0.15) is 5.26 Å². The average Bonchev–Trinajstić information content (AvgIpc) is 3.15. The molecule has 1 aliphatic rings. The van der Waals surface area contributed by atoms with E-state index in [1.165, 1.54) is 0 Å². The Kier molecular flexibility index (Phi) is 3.72. The number of nitrogens with two attached hydrogens (primary N) is 1. The summed E-state index contributed by atoms with van der Waals surface area (Å²) in [5.41, 5.74) is 6.28. The molecule has 4 nitrogen and oxygen atoms in total. The molecule has 1 saturated carbocycles. The summed E-state index contributed by atoms with van der Waals surface area (Å²) >= 11 is 5.98. The Hall–Kier alpha value is -1.87. The minimum Gasteiger partial charge on any atom is -0.312 e. The molecule has 0 aromatic heterocycles. The van der Waals surface area contributed by atoms with Gasteiger partial charge in [0.25, 0.3) is 0 Å². The Morgan fingerprint density at radius 3 is 2.43 bits per heavy atom. The van der Waals surface area contributed by atoms with Crippen molar-refractivity contribution in [2.75, 3.05) is 0 Å². The van der Waals surface area contributed by atoms with Crippen molar-refractivity contribution in [3.63, 3.8) is 0 Å². The predicted molar refractivity (Wildman–Crippen MR) is 88.9 cm³/mol. The largest absolute Gasteiger partial charge is 0.312 e. The van der Waals surface area contributed by atoms with Crippen molar-refractivity contribution in [3.8, 4) is 6.07 Å². The number of rotatable bonds is 3. The molecule has 3 rings (SSSR count). The van der Waals surface area contributed by atoms with Crippen molar-refractivity contribution < 1.29 is 8.42 Å². The first-order valence-corrected chi connectivity index (χ1v) is 8.99. The van der Waals surface area contributed by atoms with Gasteiger partial charge in [-0.3, -0.25) is 0 Å². The number of hydrogen-bond donors (Lipinski definition) is 1. The molecule has 0 saturated heterocycles. The van der Waals surface area contributed by atoms with Crippen molar-refractivity contribution >= 4 is 21.4 Å². The van der Waals surface area contributed by atoms with Crippen LogP contribution >= 0.6 is 11.6 Å². The first-order chi connectivity index (χ1) is 10.8. The monoisotopic (exact) mass is 346 g/mol. The fraction of sp³-hybridized carbons (Fsp3) is 0.235. The molecule has 1 fully saturated rings. The number of sulfone groups is 1. The number of aryl methyl sites for hydroxylation is 1. The van der Waals surface area contributed by atoms with Crippen molar-refractivity contribution in [2.45, 2.75) is 28.5 Å². The van der Waals surface area contributed by atoms with Gasteiger partial charge in [0.2, 0.25) is 0 Å². The topological polar surface area (TPSA) is 83.9 Å². The van der Waals surface area contributed by atoms with Crippen molar-refractivity contribution in [1.29, 1.82) is 5.26 Å². The molecule has 0 unspecified atom stereocenters. The van der Waals surface area contributed by atoms with Crippen LogP contribution in [-0.4, -0.2) is 19.2 Å². The van der Waals surface area contributed by atoms with Crippen LogP contribution in [0.4, 0.5) is 0 Å². The van der Waals surface area contributed by atoms with Crippen LogP contribution in [0.25, 0.3) is 0 Å². The third kappa shape index (κ3) is 2.53. The number of nitrogens with zero attached hydrogens (tertiary/aromatic N) is 1. The zero-order valence-electron chi connectivity index (χ0n) is 12.4. The zero-order chi connectivity index (χ0) is 16.8. The van der Waals surface area contributed by atoms with E-state index in [9.17, 15) is 13.7 Å². The third-order valence-corrected chi connectivity index (χ3v) is 6.76. The van der Waals surface area contributed by atoms with Crippen LogP contribution in [0.15, 0.2) is 53.4 Å². The molecule has 0 spiro atoms. The maximum Gasteiger partial charge on any atom is 0.184 e. The Labute approximate surface area is 140 Å². The van der Waals surface area contributed by atoms with Crippen LogP contribution in [0, 0.1) is 18.3 Å². The van der Waals surface area contributed by atoms with Gasteiger partial charge in [-0.05, 0) is 36.8 Å². The molecule has 1 aliphatic carbocycles. The van der Waals surface area contributed by atoms with Crippen LogP contribution in [0.3, 0.4) is 0 Å². The normalized spacial score (nSPS) is 26.5. The Balaban J connectivity index is 2.05. The minimum atomic E-state index is -3.70. The van der Waals surface area contributed by atoms with Crippen molar-refractivity contribution in [3.05, 3.63) is 64.7 Å². The first-order valence-electron chi connectivity index (χ1n) is 7.07. The van der Waals surface area contributed by atoms with E-state index in [1.54, 1.807) is 48.5 Å². The van der Waals surface area contributed by atoms with Crippen LogP contribution in [-0.2, 0) is 9.84 Å². The maximum atomic E-state index is 12.9. The lowest BCUT2D eigenvalue weighted by atomic mass is 10.1. The second kappa shape index (κ2) is 5.34. The van der Waals surface area contributed by atoms with Gasteiger partial charge in [-0.1, -0.05) is 41.4 Å². The van der Waals surface area contributed by atoms with E-state index in [0.717, 1.165) is 5.56 Å². The van der Waals surface area contributed by atoms with Gasteiger partial charge in [-0.25, -0.2) is 8.42 Å². The van der Waals surface area contributed by atoms with Crippen LogP contribution < -0.4 is 5.73 Å². The molecule has 118 valence electrons. The van der Waals surface area contributed by atoms with Crippen LogP contribution in [0.1, 0.15) is 17.0 Å². The van der Waals surface area contributed by atoms with Gasteiger partial charge >= 0.3 is 0 Å². The highest BCUT2D eigenvalue weighted by molar-refractivity contribution is 7.92.